The van der Waals surface area contributed by atoms with Crippen LogP contribution in [-0.2, 0) is 9.53 Å². The minimum Gasteiger partial charge on any atom is -0.383 e. The van der Waals surface area contributed by atoms with Crippen LogP contribution in [0.1, 0.15) is 52.4 Å². The molecule has 0 N–H and O–H groups in total. The molecule has 0 radical (unpaired) electrons. The highest BCUT2D eigenvalue weighted by Crippen LogP contribution is 2.35. The quantitative estimate of drug-likeness (QED) is 0.783. The first-order valence-corrected chi connectivity index (χ1v) is 7.93. The van der Waals surface area contributed by atoms with Crippen molar-refractivity contribution in [1.82, 2.24) is 4.90 Å². The van der Waals surface area contributed by atoms with Gasteiger partial charge in [0.1, 0.15) is 0 Å². The molecule has 1 saturated heterocycles. The summed E-state index contributed by atoms with van der Waals surface area (Å²) in [6.07, 6.45) is 6.91. The van der Waals surface area contributed by atoms with Gasteiger partial charge in [0, 0.05) is 19.6 Å². The Morgan fingerprint density at radius 2 is 1.89 bits per heavy atom. The number of hydrogen-bond donors (Lipinski definition) is 0. The van der Waals surface area contributed by atoms with Crippen LogP contribution in [0.25, 0.3) is 0 Å². The van der Waals surface area contributed by atoms with Gasteiger partial charge in [0.05, 0.1) is 12.6 Å². The minimum absolute atomic E-state index is 0.285. The van der Waals surface area contributed by atoms with E-state index in [1.54, 1.807) is 7.11 Å². The zero-order chi connectivity index (χ0) is 13.8. The van der Waals surface area contributed by atoms with Gasteiger partial charge in [-0.2, -0.15) is 0 Å². The first-order chi connectivity index (χ1) is 9.13. The van der Waals surface area contributed by atoms with Gasteiger partial charge < -0.3 is 9.64 Å². The molecule has 0 spiro atoms. The predicted molar refractivity (Wildman–Crippen MR) is 76.9 cm³/mol. The minimum atomic E-state index is 0.285. The largest absolute Gasteiger partial charge is 0.383 e. The number of carbonyl (C=O) groups excluding carboxylic acids is 1. The van der Waals surface area contributed by atoms with Crippen molar-refractivity contribution in [1.29, 1.82) is 0 Å². The van der Waals surface area contributed by atoms with Crippen molar-refractivity contribution in [3.8, 4) is 0 Å². The zero-order valence-corrected chi connectivity index (χ0v) is 12.7. The van der Waals surface area contributed by atoms with Gasteiger partial charge in [-0.1, -0.05) is 13.8 Å². The summed E-state index contributed by atoms with van der Waals surface area (Å²) in [5, 5.41) is 0. The molecule has 0 unspecified atom stereocenters. The molecule has 19 heavy (non-hydrogen) atoms. The SMILES string of the molecule is COC[C@H]1CCCN1C(=O)[C@H]1CC[C@H](C(C)C)CC1. The van der Waals surface area contributed by atoms with Crippen molar-refractivity contribution in [2.24, 2.45) is 17.8 Å². The Hall–Kier alpha value is -0.570. The van der Waals surface area contributed by atoms with E-state index in [4.69, 9.17) is 4.74 Å². The fourth-order valence-corrected chi connectivity index (χ4v) is 3.76. The van der Waals surface area contributed by atoms with Crippen molar-refractivity contribution in [3.63, 3.8) is 0 Å². The summed E-state index contributed by atoms with van der Waals surface area (Å²) in [7, 11) is 1.73. The maximum absolute atomic E-state index is 12.6. The van der Waals surface area contributed by atoms with E-state index in [0.717, 1.165) is 44.1 Å². The van der Waals surface area contributed by atoms with Crippen LogP contribution in [0.15, 0.2) is 0 Å². The zero-order valence-electron chi connectivity index (χ0n) is 12.7. The molecule has 0 aromatic carbocycles. The third kappa shape index (κ3) is 3.50. The van der Waals surface area contributed by atoms with Crippen LogP contribution in [0.2, 0.25) is 0 Å². The molecular weight excluding hydrogens is 238 g/mol. The molecule has 110 valence electrons. The van der Waals surface area contributed by atoms with E-state index in [9.17, 15) is 4.79 Å². The van der Waals surface area contributed by atoms with Gasteiger partial charge >= 0.3 is 0 Å². The number of methoxy groups -OCH3 is 1. The Morgan fingerprint density at radius 3 is 2.47 bits per heavy atom. The standard InChI is InChI=1S/C16H29NO2/c1-12(2)13-6-8-14(9-7-13)16(18)17-10-4-5-15(17)11-19-3/h12-15H,4-11H2,1-3H3/t13-,14-,15-/m1/s1. The molecule has 0 aromatic rings. The van der Waals surface area contributed by atoms with E-state index in [0.29, 0.717) is 18.6 Å². The molecule has 2 rings (SSSR count). The number of ether oxygens (including phenoxy) is 1. The van der Waals surface area contributed by atoms with Gasteiger partial charge in [0.2, 0.25) is 5.91 Å². The van der Waals surface area contributed by atoms with Gasteiger partial charge in [-0.05, 0) is 50.4 Å². The van der Waals surface area contributed by atoms with Crippen LogP contribution in [0, 0.1) is 17.8 Å². The fraction of sp³-hybridized carbons (Fsp3) is 0.938. The average molecular weight is 267 g/mol. The number of likely N-dealkylation sites (tertiary alicyclic amines) is 1. The lowest BCUT2D eigenvalue weighted by Gasteiger charge is -2.34. The third-order valence-corrected chi connectivity index (χ3v) is 5.08. The normalized spacial score (nSPS) is 32.0. The summed E-state index contributed by atoms with van der Waals surface area (Å²) in [6, 6.07) is 0.334. The Balaban J connectivity index is 1.87. The summed E-state index contributed by atoms with van der Waals surface area (Å²) in [4.78, 5) is 14.7. The molecule has 3 heteroatoms. The number of amides is 1. The first-order valence-electron chi connectivity index (χ1n) is 7.93. The molecule has 0 bridgehead atoms. The Labute approximate surface area is 117 Å². The molecule has 1 saturated carbocycles. The summed E-state index contributed by atoms with van der Waals surface area (Å²) < 4.78 is 5.25. The van der Waals surface area contributed by atoms with Crippen LogP contribution >= 0.6 is 0 Å². The topological polar surface area (TPSA) is 29.5 Å². The molecule has 3 nitrogen and oxygen atoms in total. The monoisotopic (exact) mass is 267 g/mol. The van der Waals surface area contributed by atoms with Crippen molar-refractivity contribution < 1.29 is 9.53 Å². The lowest BCUT2D eigenvalue weighted by atomic mass is 9.76. The van der Waals surface area contributed by atoms with E-state index in [1.165, 1.54) is 12.8 Å². The molecule has 1 heterocycles. The molecule has 1 amide bonds. The van der Waals surface area contributed by atoms with E-state index in [-0.39, 0.29) is 5.92 Å². The Bertz CT molecular complexity index is 295. The van der Waals surface area contributed by atoms with Crippen LogP contribution < -0.4 is 0 Å². The highest BCUT2D eigenvalue weighted by atomic mass is 16.5. The van der Waals surface area contributed by atoms with E-state index >= 15 is 0 Å². The molecule has 1 aliphatic heterocycles. The smallest absolute Gasteiger partial charge is 0.226 e. The number of nitrogens with zero attached hydrogens (tertiary/aromatic N) is 1. The first kappa shape index (κ1) is 14.8. The van der Waals surface area contributed by atoms with Crippen molar-refractivity contribution in [3.05, 3.63) is 0 Å². The molecule has 1 aliphatic carbocycles. The average Bonchev–Trinajstić information content (AvgIpc) is 2.87. The second kappa shape index (κ2) is 6.74. The molecular formula is C16H29NO2. The van der Waals surface area contributed by atoms with Crippen LogP contribution in [0.3, 0.4) is 0 Å². The molecule has 1 atom stereocenters. The van der Waals surface area contributed by atoms with E-state index in [1.807, 2.05) is 0 Å². The highest BCUT2D eigenvalue weighted by molar-refractivity contribution is 5.79. The number of rotatable bonds is 4. The van der Waals surface area contributed by atoms with E-state index < -0.39 is 0 Å². The van der Waals surface area contributed by atoms with E-state index in [2.05, 4.69) is 18.7 Å². The Morgan fingerprint density at radius 1 is 1.21 bits per heavy atom. The van der Waals surface area contributed by atoms with Crippen molar-refractivity contribution in [2.75, 3.05) is 20.3 Å². The fourth-order valence-electron chi connectivity index (χ4n) is 3.76. The summed E-state index contributed by atoms with van der Waals surface area (Å²) >= 11 is 0. The Kier molecular flexibility index (Phi) is 5.26. The summed E-state index contributed by atoms with van der Waals surface area (Å²) in [5.74, 6) is 2.29. The van der Waals surface area contributed by atoms with Gasteiger partial charge in [-0.3, -0.25) is 4.79 Å². The van der Waals surface area contributed by atoms with Gasteiger partial charge in [0.25, 0.3) is 0 Å². The predicted octanol–water partition coefficient (Wildman–Crippen LogP) is 3.09. The summed E-state index contributed by atoms with van der Waals surface area (Å²) in [6.45, 7) is 6.26. The lowest BCUT2D eigenvalue weighted by Crippen LogP contribution is -2.42. The van der Waals surface area contributed by atoms with Crippen LogP contribution in [0.5, 0.6) is 0 Å². The number of hydrogen-bond acceptors (Lipinski definition) is 2. The van der Waals surface area contributed by atoms with Crippen LogP contribution in [-0.4, -0.2) is 37.1 Å². The summed E-state index contributed by atoms with van der Waals surface area (Å²) in [5.41, 5.74) is 0. The van der Waals surface area contributed by atoms with Gasteiger partial charge in [-0.15, -0.1) is 0 Å². The molecule has 2 aliphatic rings. The van der Waals surface area contributed by atoms with Gasteiger partial charge in [-0.25, -0.2) is 0 Å². The second-order valence-corrected chi connectivity index (χ2v) is 6.64. The number of carbonyl (C=O) groups is 1. The maximum atomic E-state index is 12.6. The highest BCUT2D eigenvalue weighted by Gasteiger charge is 2.35. The van der Waals surface area contributed by atoms with Gasteiger partial charge in [0.15, 0.2) is 0 Å². The molecule has 0 aromatic heterocycles. The second-order valence-electron chi connectivity index (χ2n) is 6.64. The third-order valence-electron chi connectivity index (χ3n) is 5.08. The molecule has 2 fully saturated rings. The van der Waals surface area contributed by atoms with Crippen LogP contribution in [0.4, 0.5) is 0 Å². The van der Waals surface area contributed by atoms with Crippen molar-refractivity contribution >= 4 is 5.91 Å². The van der Waals surface area contributed by atoms with Crippen molar-refractivity contribution in [2.45, 2.75) is 58.4 Å². The lowest BCUT2D eigenvalue weighted by molar-refractivity contribution is -0.138. The maximum Gasteiger partial charge on any atom is 0.226 e.